The molecule has 136 valence electrons. The van der Waals surface area contributed by atoms with Crippen molar-refractivity contribution in [3.63, 3.8) is 0 Å². The Labute approximate surface area is 152 Å². The Hall–Kier alpha value is -1.96. The van der Waals surface area contributed by atoms with Crippen molar-refractivity contribution in [3.05, 3.63) is 58.7 Å². The Kier molecular flexibility index (Phi) is 5.51. The molecule has 0 aliphatic carbocycles. The van der Waals surface area contributed by atoms with Crippen LogP contribution in [0.1, 0.15) is 70.2 Å². The van der Waals surface area contributed by atoms with Crippen LogP contribution in [0.4, 0.5) is 0 Å². The number of benzene rings is 2. The maximum atomic E-state index is 10.1. The first-order valence-corrected chi connectivity index (χ1v) is 9.13. The molecule has 2 aromatic rings. The van der Waals surface area contributed by atoms with Gasteiger partial charge >= 0.3 is 0 Å². The summed E-state index contributed by atoms with van der Waals surface area (Å²) in [7, 11) is 0. The smallest absolute Gasteiger partial charge is 0.119 e. The first-order chi connectivity index (χ1) is 11.5. The third-order valence-corrected chi connectivity index (χ3v) is 4.67. The number of hydrogen-bond donors (Lipinski definition) is 2. The lowest BCUT2D eigenvalue weighted by atomic mass is 9.84. The maximum Gasteiger partial charge on any atom is 0.119 e. The van der Waals surface area contributed by atoms with Crippen molar-refractivity contribution in [2.45, 2.75) is 71.6 Å². The molecule has 0 saturated heterocycles. The lowest BCUT2D eigenvalue weighted by Crippen LogP contribution is -2.12. The van der Waals surface area contributed by atoms with E-state index < -0.39 is 0 Å². The van der Waals surface area contributed by atoms with E-state index in [0.717, 1.165) is 30.4 Å². The Balaban J connectivity index is 2.07. The minimum Gasteiger partial charge on any atom is -0.508 e. The van der Waals surface area contributed by atoms with Gasteiger partial charge in [-0.1, -0.05) is 65.8 Å². The van der Waals surface area contributed by atoms with Gasteiger partial charge in [0.25, 0.3) is 0 Å². The van der Waals surface area contributed by atoms with Crippen LogP contribution in [-0.4, -0.2) is 10.2 Å². The Morgan fingerprint density at radius 2 is 1.00 bits per heavy atom. The zero-order valence-electron chi connectivity index (χ0n) is 16.5. The van der Waals surface area contributed by atoms with E-state index in [-0.39, 0.29) is 10.8 Å². The zero-order chi connectivity index (χ0) is 18.8. The molecule has 0 saturated carbocycles. The molecule has 0 heterocycles. The molecule has 0 aliphatic rings. The van der Waals surface area contributed by atoms with Gasteiger partial charge in [0, 0.05) is 0 Å². The molecule has 0 unspecified atom stereocenters. The average molecular weight is 341 g/mol. The SMILES string of the molecule is CC(C)(C)c1cc(CCCc2ccc(O)c(C(C)(C)C)c2)ccc1O. The van der Waals surface area contributed by atoms with Crippen LogP contribution in [0.15, 0.2) is 36.4 Å². The summed E-state index contributed by atoms with van der Waals surface area (Å²) in [6, 6.07) is 11.9. The molecule has 2 heteroatoms. The highest BCUT2D eigenvalue weighted by Gasteiger charge is 2.19. The summed E-state index contributed by atoms with van der Waals surface area (Å²) < 4.78 is 0. The van der Waals surface area contributed by atoms with Gasteiger partial charge in [0.05, 0.1) is 0 Å². The first kappa shape index (κ1) is 19.4. The van der Waals surface area contributed by atoms with E-state index in [1.165, 1.54) is 11.1 Å². The fraction of sp³-hybridized carbons (Fsp3) is 0.478. The molecule has 2 N–H and O–H groups in total. The minimum absolute atomic E-state index is 0.0569. The van der Waals surface area contributed by atoms with Crippen LogP contribution in [0.5, 0.6) is 11.5 Å². The number of aryl methyl sites for hydroxylation is 2. The number of hydrogen-bond acceptors (Lipinski definition) is 2. The van der Waals surface area contributed by atoms with Crippen molar-refractivity contribution in [1.82, 2.24) is 0 Å². The molecule has 0 aliphatic heterocycles. The summed E-state index contributed by atoms with van der Waals surface area (Å²) in [6.07, 6.45) is 3.01. The van der Waals surface area contributed by atoms with Crippen LogP contribution in [0.25, 0.3) is 0 Å². The Morgan fingerprint density at radius 3 is 1.32 bits per heavy atom. The zero-order valence-corrected chi connectivity index (χ0v) is 16.5. The molecule has 2 nitrogen and oxygen atoms in total. The highest BCUT2D eigenvalue weighted by Crippen LogP contribution is 2.33. The standard InChI is InChI=1S/C23H32O2/c1-22(2,3)18-14-16(10-12-20(18)24)8-7-9-17-11-13-21(25)19(15-17)23(4,5)6/h10-15,24-25H,7-9H2,1-6H3. The average Bonchev–Trinajstić information content (AvgIpc) is 2.48. The van der Waals surface area contributed by atoms with E-state index in [1.54, 1.807) is 0 Å². The summed E-state index contributed by atoms with van der Waals surface area (Å²) >= 11 is 0. The van der Waals surface area contributed by atoms with Gasteiger partial charge in [0.15, 0.2) is 0 Å². The van der Waals surface area contributed by atoms with E-state index in [9.17, 15) is 10.2 Å². The second-order valence-electron chi connectivity index (χ2n) is 9.06. The third-order valence-electron chi connectivity index (χ3n) is 4.67. The summed E-state index contributed by atoms with van der Waals surface area (Å²) in [6.45, 7) is 12.7. The highest BCUT2D eigenvalue weighted by molar-refractivity contribution is 5.42. The first-order valence-electron chi connectivity index (χ1n) is 9.13. The summed E-state index contributed by atoms with van der Waals surface area (Å²) in [4.78, 5) is 0. The lowest BCUT2D eigenvalue weighted by molar-refractivity contribution is 0.445. The van der Waals surface area contributed by atoms with Gasteiger partial charge < -0.3 is 10.2 Å². The molecule has 0 spiro atoms. The molecular formula is C23H32O2. The maximum absolute atomic E-state index is 10.1. The van der Waals surface area contributed by atoms with Crippen LogP contribution in [0.3, 0.4) is 0 Å². The van der Waals surface area contributed by atoms with Crippen LogP contribution in [0.2, 0.25) is 0 Å². The number of phenols is 2. The van der Waals surface area contributed by atoms with E-state index in [1.807, 2.05) is 24.3 Å². The van der Waals surface area contributed by atoms with E-state index in [4.69, 9.17) is 0 Å². The van der Waals surface area contributed by atoms with Crippen molar-refractivity contribution in [3.8, 4) is 11.5 Å². The highest BCUT2D eigenvalue weighted by atomic mass is 16.3. The van der Waals surface area contributed by atoms with Gasteiger partial charge in [-0.25, -0.2) is 0 Å². The van der Waals surface area contributed by atoms with Crippen molar-refractivity contribution < 1.29 is 10.2 Å². The quantitative estimate of drug-likeness (QED) is 0.731. The molecule has 0 fully saturated rings. The fourth-order valence-corrected chi connectivity index (χ4v) is 3.18. The Bertz CT molecular complexity index is 667. The molecule has 0 bridgehead atoms. The van der Waals surface area contributed by atoms with Crippen molar-refractivity contribution in [1.29, 1.82) is 0 Å². The molecule has 2 rings (SSSR count). The molecular weight excluding hydrogens is 308 g/mol. The number of phenolic OH excluding ortho intramolecular Hbond substituents is 2. The summed E-state index contributed by atoms with van der Waals surface area (Å²) in [5, 5.41) is 20.2. The van der Waals surface area contributed by atoms with Crippen molar-refractivity contribution in [2.24, 2.45) is 0 Å². The van der Waals surface area contributed by atoms with Gasteiger partial charge in [-0.2, -0.15) is 0 Å². The fourth-order valence-electron chi connectivity index (χ4n) is 3.18. The predicted octanol–water partition coefficient (Wildman–Crippen LogP) is 5.87. The second-order valence-corrected chi connectivity index (χ2v) is 9.06. The van der Waals surface area contributed by atoms with Gasteiger partial charge in [-0.05, 0) is 64.5 Å². The van der Waals surface area contributed by atoms with E-state index in [0.29, 0.717) is 11.5 Å². The normalized spacial score (nSPS) is 12.4. The topological polar surface area (TPSA) is 40.5 Å². The lowest BCUT2D eigenvalue weighted by Gasteiger charge is -2.22. The molecule has 0 aromatic heterocycles. The third kappa shape index (κ3) is 5.01. The van der Waals surface area contributed by atoms with E-state index in [2.05, 4.69) is 53.7 Å². The van der Waals surface area contributed by atoms with Crippen LogP contribution < -0.4 is 0 Å². The van der Waals surface area contributed by atoms with Gasteiger partial charge in [-0.15, -0.1) is 0 Å². The molecule has 0 radical (unpaired) electrons. The second kappa shape index (κ2) is 7.11. The molecule has 0 amide bonds. The van der Waals surface area contributed by atoms with Crippen LogP contribution >= 0.6 is 0 Å². The van der Waals surface area contributed by atoms with Gasteiger partial charge in [0.2, 0.25) is 0 Å². The van der Waals surface area contributed by atoms with Crippen molar-refractivity contribution >= 4 is 0 Å². The van der Waals surface area contributed by atoms with Crippen LogP contribution in [-0.2, 0) is 23.7 Å². The summed E-state index contributed by atoms with van der Waals surface area (Å²) in [5.41, 5.74) is 4.42. The van der Waals surface area contributed by atoms with E-state index >= 15 is 0 Å². The number of aromatic hydroxyl groups is 2. The predicted molar refractivity (Wildman–Crippen MR) is 106 cm³/mol. The molecule has 0 atom stereocenters. The largest absolute Gasteiger partial charge is 0.508 e. The van der Waals surface area contributed by atoms with Crippen LogP contribution in [0, 0.1) is 0 Å². The Morgan fingerprint density at radius 1 is 0.640 bits per heavy atom. The van der Waals surface area contributed by atoms with Gasteiger partial charge in [-0.3, -0.25) is 0 Å². The molecule has 25 heavy (non-hydrogen) atoms. The number of rotatable bonds is 4. The molecule has 2 aromatic carbocycles. The van der Waals surface area contributed by atoms with Crippen molar-refractivity contribution in [2.75, 3.05) is 0 Å². The minimum atomic E-state index is -0.0569. The summed E-state index contributed by atoms with van der Waals surface area (Å²) in [5.74, 6) is 0.759. The van der Waals surface area contributed by atoms with Gasteiger partial charge in [0.1, 0.15) is 11.5 Å². The monoisotopic (exact) mass is 340 g/mol.